The lowest BCUT2D eigenvalue weighted by Crippen LogP contribution is -2.34. The highest BCUT2D eigenvalue weighted by Crippen LogP contribution is 2.28. The smallest absolute Gasteiger partial charge is 0.283 e. The maximum absolute atomic E-state index is 11.0. The van der Waals surface area contributed by atoms with E-state index in [2.05, 4.69) is 0 Å². The van der Waals surface area contributed by atoms with Crippen molar-refractivity contribution < 1.29 is 13.0 Å². The molecule has 6 nitrogen and oxygen atoms in total. The number of benzene rings is 1. The van der Waals surface area contributed by atoms with Crippen LogP contribution in [0.25, 0.3) is 0 Å². The van der Waals surface area contributed by atoms with Crippen molar-refractivity contribution in [1.29, 1.82) is 0 Å². The number of nitrogens with zero attached hydrogens (tertiary/aromatic N) is 3. The van der Waals surface area contributed by atoms with Crippen molar-refractivity contribution in [3.63, 3.8) is 0 Å². The molecular formula is C13H19N3O3S. The van der Waals surface area contributed by atoms with E-state index in [0.717, 1.165) is 17.1 Å². The van der Waals surface area contributed by atoms with Gasteiger partial charge in [-0.1, -0.05) is 18.2 Å². The molecule has 0 atom stereocenters. The summed E-state index contributed by atoms with van der Waals surface area (Å²) in [5.41, 5.74) is 2.86. The molecule has 1 N–H and O–H groups in total. The molecule has 0 aliphatic carbocycles. The van der Waals surface area contributed by atoms with Gasteiger partial charge in [-0.15, -0.1) is 0 Å². The fraction of sp³-hybridized carbons (Fsp3) is 0.385. The Bertz CT molecular complexity index is 613. The van der Waals surface area contributed by atoms with Gasteiger partial charge < -0.3 is 4.90 Å². The maximum Gasteiger partial charge on any atom is 0.283 e. The molecule has 0 unspecified atom stereocenters. The fourth-order valence-corrected chi connectivity index (χ4v) is 2.96. The van der Waals surface area contributed by atoms with Crippen LogP contribution < -0.4 is 5.01 Å². The molecule has 20 heavy (non-hydrogen) atoms. The Kier molecular flexibility index (Phi) is 3.92. The predicted octanol–water partition coefficient (Wildman–Crippen LogP) is 1.36. The number of hydrazine groups is 1. The van der Waals surface area contributed by atoms with Crippen molar-refractivity contribution >= 4 is 15.8 Å². The SMILES string of the molecule is CC1=C(N(C)CS(=O)(=O)O)CN(c2ccccc2)N1C. The lowest BCUT2D eigenvalue weighted by molar-refractivity contribution is 0.418. The van der Waals surface area contributed by atoms with Crippen molar-refractivity contribution in [3.8, 4) is 0 Å². The van der Waals surface area contributed by atoms with Gasteiger partial charge in [0, 0.05) is 14.1 Å². The lowest BCUT2D eigenvalue weighted by Gasteiger charge is -2.29. The minimum atomic E-state index is -4.03. The standard InChI is InChI=1S/C13H19N3O3S/c1-11-13(14(2)10-20(17,18)19)9-16(15(11)3)12-7-5-4-6-8-12/h4-8H,9-10H2,1-3H3,(H,17,18,19). The van der Waals surface area contributed by atoms with Crippen LogP contribution in [0.4, 0.5) is 5.69 Å². The zero-order valence-electron chi connectivity index (χ0n) is 11.8. The van der Waals surface area contributed by atoms with Crippen LogP contribution in [0.2, 0.25) is 0 Å². The van der Waals surface area contributed by atoms with E-state index < -0.39 is 16.0 Å². The van der Waals surface area contributed by atoms with Crippen LogP contribution in [0.1, 0.15) is 6.92 Å². The van der Waals surface area contributed by atoms with Crippen LogP contribution in [-0.4, -0.2) is 49.4 Å². The molecule has 0 bridgehead atoms. The van der Waals surface area contributed by atoms with Gasteiger partial charge in [-0.3, -0.25) is 14.6 Å². The van der Waals surface area contributed by atoms with Gasteiger partial charge in [0.15, 0.2) is 0 Å². The van der Waals surface area contributed by atoms with E-state index in [1.165, 1.54) is 0 Å². The Hall–Kier alpha value is -1.73. The average Bonchev–Trinajstić information content (AvgIpc) is 2.66. The van der Waals surface area contributed by atoms with Crippen molar-refractivity contribution in [2.24, 2.45) is 0 Å². The van der Waals surface area contributed by atoms with E-state index in [9.17, 15) is 8.42 Å². The van der Waals surface area contributed by atoms with Gasteiger partial charge in [-0.25, -0.2) is 0 Å². The maximum atomic E-state index is 11.0. The van der Waals surface area contributed by atoms with Crippen LogP contribution in [-0.2, 0) is 10.1 Å². The Labute approximate surface area is 119 Å². The Morgan fingerprint density at radius 3 is 2.45 bits per heavy atom. The largest absolute Gasteiger partial charge is 0.359 e. The average molecular weight is 297 g/mol. The summed E-state index contributed by atoms with van der Waals surface area (Å²) in [5.74, 6) is -0.407. The summed E-state index contributed by atoms with van der Waals surface area (Å²) in [5, 5.41) is 4.02. The molecule has 1 heterocycles. The summed E-state index contributed by atoms with van der Waals surface area (Å²) in [7, 11) is -0.440. The van der Waals surface area contributed by atoms with Crippen LogP contribution in [0, 0.1) is 0 Å². The summed E-state index contributed by atoms with van der Waals surface area (Å²) in [6, 6.07) is 9.85. The second-order valence-corrected chi connectivity index (χ2v) is 6.28. The van der Waals surface area contributed by atoms with Crippen LogP contribution in [0.15, 0.2) is 41.7 Å². The van der Waals surface area contributed by atoms with Gasteiger partial charge in [0.1, 0.15) is 5.88 Å². The molecule has 0 amide bonds. The molecule has 0 saturated carbocycles. The lowest BCUT2D eigenvalue weighted by atomic mass is 10.3. The van der Waals surface area contributed by atoms with Gasteiger partial charge >= 0.3 is 0 Å². The Morgan fingerprint density at radius 1 is 1.30 bits per heavy atom. The molecule has 0 spiro atoms. The topological polar surface area (TPSA) is 64.1 Å². The van der Waals surface area contributed by atoms with E-state index in [-0.39, 0.29) is 0 Å². The second kappa shape index (κ2) is 5.34. The highest BCUT2D eigenvalue weighted by atomic mass is 32.2. The van der Waals surface area contributed by atoms with Gasteiger partial charge in [-0.05, 0) is 19.1 Å². The van der Waals surface area contributed by atoms with Crippen molar-refractivity contribution in [2.75, 3.05) is 31.5 Å². The van der Waals surface area contributed by atoms with Gasteiger partial charge in [0.2, 0.25) is 0 Å². The summed E-state index contributed by atoms with van der Waals surface area (Å²) < 4.78 is 31.0. The van der Waals surface area contributed by atoms with E-state index in [1.54, 1.807) is 11.9 Å². The van der Waals surface area contributed by atoms with Gasteiger partial charge in [-0.2, -0.15) is 8.42 Å². The molecule has 2 rings (SSSR count). The molecule has 0 radical (unpaired) electrons. The van der Waals surface area contributed by atoms with Gasteiger partial charge in [0.25, 0.3) is 10.1 Å². The van der Waals surface area contributed by atoms with Crippen molar-refractivity contribution in [3.05, 3.63) is 41.7 Å². The minimum absolute atomic E-state index is 0.407. The summed E-state index contributed by atoms with van der Waals surface area (Å²) in [6.07, 6.45) is 0. The predicted molar refractivity (Wildman–Crippen MR) is 78.4 cm³/mol. The molecule has 1 aliphatic heterocycles. The quantitative estimate of drug-likeness (QED) is 0.847. The Morgan fingerprint density at radius 2 is 1.90 bits per heavy atom. The van der Waals surface area contributed by atoms with Gasteiger partial charge in [0.05, 0.1) is 23.6 Å². The van der Waals surface area contributed by atoms with Crippen LogP contribution in [0.3, 0.4) is 0 Å². The third-order valence-corrected chi connectivity index (χ3v) is 4.15. The summed E-state index contributed by atoms with van der Waals surface area (Å²) in [6.45, 7) is 2.50. The fourth-order valence-electron chi connectivity index (χ4n) is 2.31. The number of likely N-dealkylation sites (N-methyl/N-ethyl adjacent to an activating group) is 1. The van der Waals surface area contributed by atoms with E-state index in [4.69, 9.17) is 4.55 Å². The number of rotatable bonds is 4. The first-order chi connectivity index (χ1) is 9.29. The normalized spacial score (nSPS) is 16.0. The van der Waals surface area contributed by atoms with E-state index in [0.29, 0.717) is 6.54 Å². The molecule has 1 aromatic carbocycles. The number of allylic oxidation sites excluding steroid dienone is 1. The zero-order chi connectivity index (χ0) is 14.9. The number of anilines is 1. The number of hydrogen-bond donors (Lipinski definition) is 1. The number of para-hydroxylation sites is 1. The highest BCUT2D eigenvalue weighted by Gasteiger charge is 2.28. The molecule has 0 fully saturated rings. The van der Waals surface area contributed by atoms with E-state index >= 15 is 0 Å². The molecule has 110 valence electrons. The summed E-state index contributed by atoms with van der Waals surface area (Å²) in [4.78, 5) is 1.56. The monoisotopic (exact) mass is 297 g/mol. The van der Waals surface area contributed by atoms with E-state index in [1.807, 2.05) is 54.3 Å². The second-order valence-electron chi connectivity index (χ2n) is 4.86. The van der Waals surface area contributed by atoms with Crippen LogP contribution in [0.5, 0.6) is 0 Å². The third kappa shape index (κ3) is 3.05. The highest BCUT2D eigenvalue weighted by molar-refractivity contribution is 7.85. The first kappa shape index (κ1) is 14.7. The zero-order valence-corrected chi connectivity index (χ0v) is 12.6. The van der Waals surface area contributed by atoms with Crippen molar-refractivity contribution in [1.82, 2.24) is 9.91 Å². The molecular weight excluding hydrogens is 278 g/mol. The minimum Gasteiger partial charge on any atom is -0.359 e. The molecule has 1 aliphatic rings. The molecule has 0 saturated heterocycles. The Balaban J connectivity index is 2.21. The van der Waals surface area contributed by atoms with Crippen LogP contribution >= 0.6 is 0 Å². The molecule has 0 aromatic heterocycles. The number of hydrogen-bond acceptors (Lipinski definition) is 5. The summed E-state index contributed by atoms with van der Waals surface area (Å²) >= 11 is 0. The first-order valence-corrected chi connectivity index (χ1v) is 7.83. The third-order valence-electron chi connectivity index (χ3n) is 3.44. The molecule has 7 heteroatoms. The first-order valence-electron chi connectivity index (χ1n) is 6.22. The van der Waals surface area contributed by atoms with Crippen molar-refractivity contribution in [2.45, 2.75) is 6.92 Å². The molecule has 1 aromatic rings.